The van der Waals surface area contributed by atoms with Crippen molar-refractivity contribution in [3.8, 4) is 0 Å². The number of anilines is 2. The van der Waals surface area contributed by atoms with E-state index in [0.29, 0.717) is 22.8 Å². The molecule has 116 valence electrons. The molecule has 0 radical (unpaired) electrons. The molecule has 1 saturated heterocycles. The van der Waals surface area contributed by atoms with Crippen molar-refractivity contribution in [2.45, 2.75) is 32.6 Å². The van der Waals surface area contributed by atoms with Crippen molar-refractivity contribution in [3.05, 3.63) is 23.2 Å². The van der Waals surface area contributed by atoms with Crippen molar-refractivity contribution in [2.24, 2.45) is 5.92 Å². The predicted octanol–water partition coefficient (Wildman–Crippen LogP) is 3.37. The molecule has 1 aromatic carbocycles. The molecular weight excluding hydrogens is 286 g/mol. The lowest BCUT2D eigenvalue weighted by atomic mass is 9.99. The molecule has 1 aromatic rings. The Bertz CT molecular complexity index is 484. The van der Waals surface area contributed by atoms with Gasteiger partial charge in [0.2, 0.25) is 5.91 Å². The number of hydrogen-bond donors (Lipinski definition) is 2. The highest BCUT2D eigenvalue weighted by molar-refractivity contribution is 6.31. The van der Waals surface area contributed by atoms with Crippen molar-refractivity contribution >= 4 is 28.9 Å². The molecule has 0 atom stereocenters. The van der Waals surface area contributed by atoms with Crippen LogP contribution in [0.15, 0.2) is 18.2 Å². The van der Waals surface area contributed by atoms with E-state index in [1.165, 1.54) is 12.8 Å². The Morgan fingerprint density at radius 3 is 2.81 bits per heavy atom. The third-order valence-corrected chi connectivity index (χ3v) is 4.28. The minimum atomic E-state index is 0.00870. The Labute approximate surface area is 131 Å². The Morgan fingerprint density at radius 2 is 2.14 bits per heavy atom. The monoisotopic (exact) mass is 309 g/mol. The summed E-state index contributed by atoms with van der Waals surface area (Å²) in [4.78, 5) is 14.4. The first-order valence-corrected chi connectivity index (χ1v) is 7.99. The van der Waals surface area contributed by atoms with E-state index in [1.54, 1.807) is 18.2 Å². The smallest absolute Gasteiger partial charge is 0.224 e. The van der Waals surface area contributed by atoms with Crippen molar-refractivity contribution < 1.29 is 4.79 Å². The van der Waals surface area contributed by atoms with Crippen LogP contribution < -0.4 is 11.1 Å². The molecule has 1 heterocycles. The summed E-state index contributed by atoms with van der Waals surface area (Å²) in [6, 6.07) is 5.11. The number of carbonyl (C=O) groups is 1. The molecular formula is C16H24ClN3O. The minimum Gasteiger partial charge on any atom is -0.397 e. The summed E-state index contributed by atoms with van der Waals surface area (Å²) in [7, 11) is 0. The second-order valence-electron chi connectivity index (χ2n) is 5.91. The summed E-state index contributed by atoms with van der Waals surface area (Å²) in [6.45, 7) is 5.62. The van der Waals surface area contributed by atoms with Gasteiger partial charge in [-0.3, -0.25) is 4.79 Å². The lowest BCUT2D eigenvalue weighted by Crippen LogP contribution is -2.33. The highest BCUT2D eigenvalue weighted by atomic mass is 35.5. The fourth-order valence-corrected chi connectivity index (χ4v) is 2.79. The molecule has 4 nitrogen and oxygen atoms in total. The van der Waals surface area contributed by atoms with Crippen LogP contribution in [-0.2, 0) is 4.79 Å². The molecule has 0 aromatic heterocycles. The second-order valence-corrected chi connectivity index (χ2v) is 6.34. The van der Waals surface area contributed by atoms with Gasteiger partial charge >= 0.3 is 0 Å². The molecule has 21 heavy (non-hydrogen) atoms. The highest BCUT2D eigenvalue weighted by Gasteiger charge is 2.15. The minimum absolute atomic E-state index is 0.00870. The molecule has 2 rings (SSSR count). The van der Waals surface area contributed by atoms with E-state index in [9.17, 15) is 4.79 Å². The van der Waals surface area contributed by atoms with Gasteiger partial charge in [0, 0.05) is 11.4 Å². The number of rotatable bonds is 5. The van der Waals surface area contributed by atoms with Crippen LogP contribution in [0, 0.1) is 5.92 Å². The maximum atomic E-state index is 11.9. The molecule has 1 aliphatic rings. The third kappa shape index (κ3) is 5.21. The van der Waals surface area contributed by atoms with Crippen LogP contribution in [0.3, 0.4) is 0 Å². The largest absolute Gasteiger partial charge is 0.397 e. The number of carbonyl (C=O) groups excluding carboxylic acids is 1. The predicted molar refractivity (Wildman–Crippen MR) is 88.6 cm³/mol. The number of nitrogens with zero attached hydrogens (tertiary/aromatic N) is 1. The van der Waals surface area contributed by atoms with Crippen molar-refractivity contribution in [1.82, 2.24) is 4.90 Å². The molecule has 3 N–H and O–H groups in total. The summed E-state index contributed by atoms with van der Waals surface area (Å²) < 4.78 is 0. The number of nitrogens with one attached hydrogen (secondary N) is 1. The first-order valence-electron chi connectivity index (χ1n) is 7.62. The van der Waals surface area contributed by atoms with Gasteiger partial charge in [0.1, 0.15) is 0 Å². The highest BCUT2D eigenvalue weighted by Crippen LogP contribution is 2.23. The zero-order valence-electron chi connectivity index (χ0n) is 12.6. The van der Waals surface area contributed by atoms with Gasteiger partial charge in [0.05, 0.1) is 11.4 Å². The van der Waals surface area contributed by atoms with Gasteiger partial charge in [0.25, 0.3) is 0 Å². The van der Waals surface area contributed by atoms with Crippen LogP contribution in [-0.4, -0.2) is 30.4 Å². The molecule has 0 spiro atoms. The standard InChI is InChI=1S/C16H24ClN3O/c1-12-6-9-20(10-7-12)8-2-3-16(21)19-15-5-4-13(17)11-14(15)18/h4-5,11-12H,2-3,6-10,18H2,1H3,(H,19,21). The fraction of sp³-hybridized carbons (Fsp3) is 0.562. The fourth-order valence-electron chi connectivity index (χ4n) is 2.61. The lowest BCUT2D eigenvalue weighted by molar-refractivity contribution is -0.116. The number of nitrogens with two attached hydrogens (primary N) is 1. The van der Waals surface area contributed by atoms with Gasteiger partial charge in [-0.2, -0.15) is 0 Å². The molecule has 0 saturated carbocycles. The van der Waals surface area contributed by atoms with E-state index in [0.717, 1.165) is 32.0 Å². The zero-order chi connectivity index (χ0) is 15.2. The van der Waals surface area contributed by atoms with Crippen LogP contribution in [0.1, 0.15) is 32.6 Å². The molecule has 1 fully saturated rings. The first-order chi connectivity index (χ1) is 10.0. The Balaban J connectivity index is 1.70. The van der Waals surface area contributed by atoms with E-state index in [2.05, 4.69) is 17.1 Å². The average molecular weight is 310 g/mol. The molecule has 5 heteroatoms. The number of amides is 1. The zero-order valence-corrected chi connectivity index (χ0v) is 13.3. The number of halogens is 1. The van der Waals surface area contributed by atoms with Gasteiger partial charge in [-0.15, -0.1) is 0 Å². The summed E-state index contributed by atoms with van der Waals surface area (Å²) in [5, 5.41) is 3.42. The molecule has 1 amide bonds. The number of likely N-dealkylation sites (tertiary alicyclic amines) is 1. The normalized spacial score (nSPS) is 16.9. The summed E-state index contributed by atoms with van der Waals surface area (Å²) in [6.07, 6.45) is 3.95. The summed E-state index contributed by atoms with van der Waals surface area (Å²) >= 11 is 5.84. The quantitative estimate of drug-likeness (QED) is 0.820. The van der Waals surface area contributed by atoms with Gasteiger partial charge in [-0.05, 0) is 63.0 Å². The average Bonchev–Trinajstić information content (AvgIpc) is 2.44. The number of nitrogen functional groups attached to an aromatic ring is 1. The van der Waals surface area contributed by atoms with Crippen LogP contribution >= 0.6 is 11.6 Å². The van der Waals surface area contributed by atoms with E-state index in [4.69, 9.17) is 17.3 Å². The van der Waals surface area contributed by atoms with Crippen LogP contribution in [0.4, 0.5) is 11.4 Å². The molecule has 0 bridgehead atoms. The van der Waals surface area contributed by atoms with E-state index in [1.807, 2.05) is 0 Å². The Hall–Kier alpha value is -1.26. The lowest BCUT2D eigenvalue weighted by Gasteiger charge is -2.29. The molecule has 1 aliphatic heterocycles. The van der Waals surface area contributed by atoms with Crippen molar-refractivity contribution in [3.63, 3.8) is 0 Å². The molecule has 0 unspecified atom stereocenters. The Kier molecular flexibility index (Phi) is 5.88. The maximum Gasteiger partial charge on any atom is 0.224 e. The number of hydrogen-bond acceptors (Lipinski definition) is 3. The summed E-state index contributed by atoms with van der Waals surface area (Å²) in [5.74, 6) is 0.854. The topological polar surface area (TPSA) is 58.4 Å². The van der Waals surface area contributed by atoms with Gasteiger partial charge in [0.15, 0.2) is 0 Å². The van der Waals surface area contributed by atoms with Crippen LogP contribution in [0.2, 0.25) is 5.02 Å². The van der Waals surface area contributed by atoms with Crippen LogP contribution in [0.5, 0.6) is 0 Å². The van der Waals surface area contributed by atoms with E-state index < -0.39 is 0 Å². The van der Waals surface area contributed by atoms with Gasteiger partial charge in [-0.25, -0.2) is 0 Å². The van der Waals surface area contributed by atoms with E-state index >= 15 is 0 Å². The van der Waals surface area contributed by atoms with Gasteiger partial charge < -0.3 is 16.0 Å². The van der Waals surface area contributed by atoms with Crippen molar-refractivity contribution in [2.75, 3.05) is 30.7 Å². The number of benzene rings is 1. The number of piperidine rings is 1. The summed E-state index contributed by atoms with van der Waals surface area (Å²) in [5.41, 5.74) is 6.96. The van der Waals surface area contributed by atoms with Crippen molar-refractivity contribution in [1.29, 1.82) is 0 Å². The second kappa shape index (κ2) is 7.66. The van der Waals surface area contributed by atoms with Crippen LogP contribution in [0.25, 0.3) is 0 Å². The van der Waals surface area contributed by atoms with E-state index in [-0.39, 0.29) is 5.91 Å². The third-order valence-electron chi connectivity index (χ3n) is 4.04. The Morgan fingerprint density at radius 1 is 1.43 bits per heavy atom. The van der Waals surface area contributed by atoms with Gasteiger partial charge in [-0.1, -0.05) is 18.5 Å². The SMILES string of the molecule is CC1CCN(CCCC(=O)Nc2ccc(Cl)cc2N)CC1. The first kappa shape index (κ1) is 16.1. The maximum absolute atomic E-state index is 11.9. The molecule has 0 aliphatic carbocycles.